The van der Waals surface area contributed by atoms with Crippen molar-refractivity contribution in [3.63, 3.8) is 0 Å². The van der Waals surface area contributed by atoms with E-state index in [1.807, 2.05) is 6.92 Å². The van der Waals surface area contributed by atoms with Gasteiger partial charge in [0.1, 0.15) is 5.75 Å². The van der Waals surface area contributed by atoms with Crippen LogP contribution in [0, 0.1) is 18.8 Å². The Labute approximate surface area is 111 Å². The standard InChI is InChI=1S/C16H23NO/c1-5-6-7-11-18-16-14(4)9-8-10-15(16)12-17-13(2)3/h8-10,13,17H,7,11-12H2,1-4H3. The summed E-state index contributed by atoms with van der Waals surface area (Å²) in [5, 5.41) is 3.42. The molecule has 0 aliphatic rings. The zero-order valence-corrected chi connectivity index (χ0v) is 11.8. The van der Waals surface area contributed by atoms with Crippen molar-refractivity contribution in [1.82, 2.24) is 5.32 Å². The minimum Gasteiger partial charge on any atom is -0.492 e. The first kappa shape index (κ1) is 14.6. The van der Waals surface area contributed by atoms with Crippen LogP contribution in [0.2, 0.25) is 0 Å². The molecule has 0 spiro atoms. The topological polar surface area (TPSA) is 21.3 Å². The van der Waals surface area contributed by atoms with Crippen molar-refractivity contribution in [2.24, 2.45) is 0 Å². The van der Waals surface area contributed by atoms with Crippen LogP contribution in [-0.4, -0.2) is 12.6 Å². The van der Waals surface area contributed by atoms with Crippen LogP contribution in [0.25, 0.3) is 0 Å². The fourth-order valence-corrected chi connectivity index (χ4v) is 1.70. The van der Waals surface area contributed by atoms with E-state index in [9.17, 15) is 0 Å². The molecule has 0 bridgehead atoms. The van der Waals surface area contributed by atoms with Crippen LogP contribution in [-0.2, 0) is 6.54 Å². The number of nitrogens with one attached hydrogen (secondary N) is 1. The molecular weight excluding hydrogens is 222 g/mol. The van der Waals surface area contributed by atoms with Gasteiger partial charge in [0.05, 0.1) is 6.61 Å². The molecule has 1 N–H and O–H groups in total. The normalized spacial score (nSPS) is 10.1. The molecule has 0 amide bonds. The molecule has 0 radical (unpaired) electrons. The van der Waals surface area contributed by atoms with Gasteiger partial charge < -0.3 is 10.1 Å². The van der Waals surface area contributed by atoms with Crippen molar-refractivity contribution in [3.8, 4) is 17.6 Å². The molecule has 98 valence electrons. The molecule has 0 aliphatic heterocycles. The maximum absolute atomic E-state index is 5.86. The van der Waals surface area contributed by atoms with Gasteiger partial charge in [0.15, 0.2) is 0 Å². The Morgan fingerprint density at radius 1 is 1.33 bits per heavy atom. The van der Waals surface area contributed by atoms with Crippen LogP contribution < -0.4 is 10.1 Å². The number of hydrogen-bond acceptors (Lipinski definition) is 2. The van der Waals surface area contributed by atoms with Crippen LogP contribution in [0.5, 0.6) is 5.75 Å². The Morgan fingerprint density at radius 2 is 2.11 bits per heavy atom. The molecule has 0 aliphatic carbocycles. The van der Waals surface area contributed by atoms with Crippen molar-refractivity contribution in [2.75, 3.05) is 6.61 Å². The summed E-state index contributed by atoms with van der Waals surface area (Å²) in [4.78, 5) is 0. The summed E-state index contributed by atoms with van der Waals surface area (Å²) in [5.41, 5.74) is 2.40. The quantitative estimate of drug-likeness (QED) is 0.613. The summed E-state index contributed by atoms with van der Waals surface area (Å²) < 4.78 is 5.86. The van der Waals surface area contributed by atoms with Crippen molar-refractivity contribution in [1.29, 1.82) is 0 Å². The maximum Gasteiger partial charge on any atom is 0.126 e. The third kappa shape index (κ3) is 4.81. The van der Waals surface area contributed by atoms with Crippen molar-refractivity contribution in [2.45, 2.75) is 46.7 Å². The van der Waals surface area contributed by atoms with Crippen molar-refractivity contribution in [3.05, 3.63) is 29.3 Å². The Balaban J connectivity index is 2.69. The number of rotatable bonds is 6. The molecule has 1 rings (SSSR count). The SMILES string of the molecule is CC#CCCOc1c(C)cccc1CNC(C)C. The first-order valence-corrected chi connectivity index (χ1v) is 6.49. The van der Waals surface area contributed by atoms with Crippen molar-refractivity contribution >= 4 is 0 Å². The predicted molar refractivity (Wildman–Crippen MR) is 76.7 cm³/mol. The molecule has 18 heavy (non-hydrogen) atoms. The molecule has 2 heteroatoms. The third-order valence-electron chi connectivity index (χ3n) is 2.64. The van der Waals surface area contributed by atoms with Crippen LogP contribution >= 0.6 is 0 Å². The molecule has 0 fully saturated rings. The fraction of sp³-hybridized carbons (Fsp3) is 0.500. The van der Waals surface area contributed by atoms with Gasteiger partial charge in [-0.25, -0.2) is 0 Å². The van der Waals surface area contributed by atoms with E-state index in [1.165, 1.54) is 11.1 Å². The van der Waals surface area contributed by atoms with E-state index in [2.05, 4.69) is 56.1 Å². The second-order valence-electron chi connectivity index (χ2n) is 4.62. The second kappa shape index (κ2) is 7.79. The lowest BCUT2D eigenvalue weighted by Gasteiger charge is -2.15. The number of benzene rings is 1. The van der Waals surface area contributed by atoms with Gasteiger partial charge in [-0.3, -0.25) is 0 Å². The van der Waals surface area contributed by atoms with Gasteiger partial charge in [-0.05, 0) is 19.4 Å². The molecule has 0 saturated heterocycles. The minimum absolute atomic E-state index is 0.476. The van der Waals surface area contributed by atoms with Gasteiger partial charge in [0, 0.05) is 24.6 Å². The Morgan fingerprint density at radius 3 is 2.78 bits per heavy atom. The summed E-state index contributed by atoms with van der Waals surface area (Å²) in [7, 11) is 0. The second-order valence-corrected chi connectivity index (χ2v) is 4.62. The van der Waals surface area contributed by atoms with E-state index < -0.39 is 0 Å². The Hall–Kier alpha value is -1.46. The molecule has 2 nitrogen and oxygen atoms in total. The van der Waals surface area contributed by atoms with E-state index in [4.69, 9.17) is 4.74 Å². The molecular formula is C16H23NO. The van der Waals surface area contributed by atoms with Gasteiger partial charge in [0.25, 0.3) is 0 Å². The lowest BCUT2D eigenvalue weighted by Crippen LogP contribution is -2.22. The lowest BCUT2D eigenvalue weighted by molar-refractivity contribution is 0.320. The van der Waals surface area contributed by atoms with Crippen LogP contribution in [0.1, 0.15) is 38.3 Å². The van der Waals surface area contributed by atoms with Gasteiger partial charge in [-0.15, -0.1) is 11.8 Å². The average molecular weight is 245 g/mol. The zero-order chi connectivity index (χ0) is 13.4. The summed E-state index contributed by atoms with van der Waals surface area (Å²) in [6, 6.07) is 6.75. The summed E-state index contributed by atoms with van der Waals surface area (Å²) in [6.45, 7) is 9.72. The number of ether oxygens (including phenoxy) is 1. The highest BCUT2D eigenvalue weighted by Crippen LogP contribution is 2.23. The first-order valence-electron chi connectivity index (χ1n) is 6.49. The molecule has 0 aromatic heterocycles. The van der Waals surface area contributed by atoms with Crippen molar-refractivity contribution < 1.29 is 4.74 Å². The van der Waals surface area contributed by atoms with E-state index in [1.54, 1.807) is 0 Å². The third-order valence-corrected chi connectivity index (χ3v) is 2.64. The predicted octanol–water partition coefficient (Wildman–Crippen LogP) is 3.29. The molecule has 0 atom stereocenters. The van der Waals surface area contributed by atoms with Gasteiger partial charge >= 0.3 is 0 Å². The highest BCUT2D eigenvalue weighted by Gasteiger charge is 2.07. The lowest BCUT2D eigenvalue weighted by atomic mass is 10.1. The van der Waals surface area contributed by atoms with Gasteiger partial charge in [-0.2, -0.15) is 0 Å². The Bertz CT molecular complexity index is 426. The highest BCUT2D eigenvalue weighted by molar-refractivity contribution is 5.40. The monoisotopic (exact) mass is 245 g/mol. The summed E-state index contributed by atoms with van der Waals surface area (Å²) >= 11 is 0. The van der Waals surface area contributed by atoms with E-state index in [-0.39, 0.29) is 0 Å². The number of aryl methyl sites for hydroxylation is 1. The molecule has 0 saturated carbocycles. The molecule has 0 heterocycles. The molecule has 1 aromatic carbocycles. The minimum atomic E-state index is 0.476. The maximum atomic E-state index is 5.86. The van der Waals surface area contributed by atoms with Gasteiger partial charge in [0.2, 0.25) is 0 Å². The summed E-state index contributed by atoms with van der Waals surface area (Å²) in [5.74, 6) is 6.90. The summed E-state index contributed by atoms with van der Waals surface area (Å²) in [6.07, 6.45) is 0.780. The largest absolute Gasteiger partial charge is 0.492 e. The van der Waals surface area contributed by atoms with Crippen LogP contribution in [0.4, 0.5) is 0 Å². The van der Waals surface area contributed by atoms with E-state index in [0.29, 0.717) is 12.6 Å². The van der Waals surface area contributed by atoms with E-state index in [0.717, 1.165) is 18.7 Å². The molecule has 1 aromatic rings. The smallest absolute Gasteiger partial charge is 0.126 e. The average Bonchev–Trinajstić information content (AvgIpc) is 2.34. The van der Waals surface area contributed by atoms with Gasteiger partial charge in [-0.1, -0.05) is 32.0 Å². The zero-order valence-electron chi connectivity index (χ0n) is 11.8. The van der Waals surface area contributed by atoms with E-state index >= 15 is 0 Å². The molecule has 0 unspecified atom stereocenters. The first-order chi connectivity index (χ1) is 8.65. The Kier molecular flexibility index (Phi) is 6.32. The number of para-hydroxylation sites is 1. The number of hydrogen-bond donors (Lipinski definition) is 1. The van der Waals surface area contributed by atoms with Crippen LogP contribution in [0.15, 0.2) is 18.2 Å². The fourth-order valence-electron chi connectivity index (χ4n) is 1.70. The van der Waals surface area contributed by atoms with Crippen LogP contribution in [0.3, 0.4) is 0 Å². The highest BCUT2D eigenvalue weighted by atomic mass is 16.5.